The van der Waals surface area contributed by atoms with Crippen LogP contribution in [0, 0.1) is 0 Å². The van der Waals surface area contributed by atoms with Crippen molar-refractivity contribution in [2.45, 2.75) is 31.1 Å². The number of hydrogen-bond donors (Lipinski definition) is 1. The first-order valence-electron chi connectivity index (χ1n) is 6.82. The van der Waals surface area contributed by atoms with Gasteiger partial charge in [-0.1, -0.05) is 12.1 Å². The third-order valence-electron chi connectivity index (χ3n) is 3.69. The van der Waals surface area contributed by atoms with Gasteiger partial charge in [0.25, 0.3) is 0 Å². The van der Waals surface area contributed by atoms with Crippen LogP contribution in [0.3, 0.4) is 0 Å². The van der Waals surface area contributed by atoms with E-state index in [9.17, 15) is 4.79 Å². The number of fused-ring (bicyclic) bond motifs is 1. The molecular weight excluding hydrogens is 292 g/mol. The van der Waals surface area contributed by atoms with Crippen molar-refractivity contribution >= 4 is 11.6 Å². The lowest BCUT2D eigenvalue weighted by molar-refractivity contribution is 0.133. The van der Waals surface area contributed by atoms with Crippen LogP contribution in [-0.2, 0) is 18.0 Å². The lowest BCUT2D eigenvalue weighted by atomic mass is 10.0. The SMILES string of the molecule is O=c1nc(-c2ccccc2OC2CC2Cl)c2c([nH]1)COC2. The Balaban J connectivity index is 1.82. The highest BCUT2D eigenvalue weighted by molar-refractivity contribution is 6.23. The van der Waals surface area contributed by atoms with E-state index >= 15 is 0 Å². The van der Waals surface area contributed by atoms with E-state index in [2.05, 4.69) is 9.97 Å². The molecule has 1 aromatic carbocycles. The lowest BCUT2D eigenvalue weighted by Crippen LogP contribution is -2.15. The Morgan fingerprint density at radius 3 is 2.95 bits per heavy atom. The topological polar surface area (TPSA) is 64.2 Å². The Kier molecular flexibility index (Phi) is 2.97. The molecule has 0 amide bonds. The van der Waals surface area contributed by atoms with Crippen molar-refractivity contribution < 1.29 is 9.47 Å². The Morgan fingerprint density at radius 2 is 2.14 bits per heavy atom. The van der Waals surface area contributed by atoms with Gasteiger partial charge in [0.15, 0.2) is 0 Å². The molecule has 1 aliphatic carbocycles. The maximum Gasteiger partial charge on any atom is 0.345 e. The van der Waals surface area contributed by atoms with Crippen LogP contribution in [0.5, 0.6) is 5.75 Å². The zero-order valence-corrected chi connectivity index (χ0v) is 11.9. The number of ether oxygens (including phenoxy) is 2. The minimum Gasteiger partial charge on any atom is -0.488 e. The summed E-state index contributed by atoms with van der Waals surface area (Å²) in [7, 11) is 0. The number of halogens is 1. The lowest BCUT2D eigenvalue weighted by Gasteiger charge is -2.12. The number of aromatic nitrogens is 2. The molecule has 0 radical (unpaired) electrons. The fourth-order valence-electron chi connectivity index (χ4n) is 2.49. The van der Waals surface area contributed by atoms with Gasteiger partial charge in [-0.25, -0.2) is 4.79 Å². The molecule has 1 aliphatic heterocycles. The first-order chi connectivity index (χ1) is 10.2. The predicted octanol–water partition coefficient (Wildman–Crippen LogP) is 2.23. The summed E-state index contributed by atoms with van der Waals surface area (Å²) in [6.45, 7) is 0.861. The molecule has 5 nitrogen and oxygen atoms in total. The number of nitrogens with one attached hydrogen (secondary N) is 1. The summed E-state index contributed by atoms with van der Waals surface area (Å²) < 4.78 is 11.3. The second-order valence-electron chi connectivity index (χ2n) is 5.24. The number of rotatable bonds is 3. The normalized spacial score (nSPS) is 22.9. The van der Waals surface area contributed by atoms with Crippen LogP contribution in [0.25, 0.3) is 11.3 Å². The summed E-state index contributed by atoms with van der Waals surface area (Å²) in [5.74, 6) is 0.706. The minimum atomic E-state index is -0.370. The van der Waals surface area contributed by atoms with Crippen LogP contribution < -0.4 is 10.4 Å². The van der Waals surface area contributed by atoms with Gasteiger partial charge in [-0.05, 0) is 12.1 Å². The monoisotopic (exact) mass is 304 g/mol. The average Bonchev–Trinajstić information content (AvgIpc) is 2.98. The van der Waals surface area contributed by atoms with Gasteiger partial charge in [-0.3, -0.25) is 0 Å². The van der Waals surface area contributed by atoms with E-state index in [-0.39, 0.29) is 17.2 Å². The van der Waals surface area contributed by atoms with Gasteiger partial charge >= 0.3 is 5.69 Å². The standard InChI is InChI=1S/C15H13ClN2O3/c16-10-5-13(10)21-12-4-2-1-3-8(12)14-9-6-20-7-11(9)17-15(19)18-14/h1-4,10,13H,5-7H2,(H,17,18,19). The van der Waals surface area contributed by atoms with Crippen LogP contribution in [0.2, 0.25) is 0 Å². The zero-order valence-electron chi connectivity index (χ0n) is 11.1. The first-order valence-corrected chi connectivity index (χ1v) is 7.26. The van der Waals surface area contributed by atoms with E-state index in [1.54, 1.807) is 0 Å². The van der Waals surface area contributed by atoms with Gasteiger partial charge in [-0.15, -0.1) is 11.6 Å². The zero-order chi connectivity index (χ0) is 14.4. The molecule has 108 valence electrons. The van der Waals surface area contributed by atoms with Crippen molar-refractivity contribution in [1.29, 1.82) is 0 Å². The average molecular weight is 305 g/mol. The highest BCUT2D eigenvalue weighted by atomic mass is 35.5. The number of hydrogen-bond acceptors (Lipinski definition) is 4. The third-order valence-corrected chi connectivity index (χ3v) is 4.15. The van der Waals surface area contributed by atoms with Gasteiger partial charge < -0.3 is 14.5 Å². The molecule has 6 heteroatoms. The third kappa shape index (κ3) is 2.32. The van der Waals surface area contributed by atoms with E-state index in [4.69, 9.17) is 21.1 Å². The molecule has 0 spiro atoms. The maximum atomic E-state index is 11.7. The molecule has 0 bridgehead atoms. The van der Waals surface area contributed by atoms with Crippen LogP contribution in [-0.4, -0.2) is 21.4 Å². The fourth-order valence-corrected chi connectivity index (χ4v) is 2.72. The van der Waals surface area contributed by atoms with Crippen molar-refractivity contribution in [1.82, 2.24) is 9.97 Å². The van der Waals surface area contributed by atoms with E-state index in [0.29, 0.717) is 24.7 Å². The number of alkyl halides is 1. The number of para-hydroxylation sites is 1. The molecular formula is C15H13ClN2O3. The summed E-state index contributed by atoms with van der Waals surface area (Å²) in [5.41, 5.74) is 2.78. The van der Waals surface area contributed by atoms with Crippen molar-refractivity contribution in [2.75, 3.05) is 0 Å². The molecule has 2 heterocycles. The van der Waals surface area contributed by atoms with Crippen molar-refractivity contribution in [3.8, 4) is 17.0 Å². The van der Waals surface area contributed by atoms with Crippen LogP contribution in [0.1, 0.15) is 17.7 Å². The van der Waals surface area contributed by atoms with Gasteiger partial charge in [0.2, 0.25) is 0 Å². The van der Waals surface area contributed by atoms with E-state index in [1.165, 1.54) is 0 Å². The van der Waals surface area contributed by atoms with Gasteiger partial charge in [0, 0.05) is 17.5 Å². The van der Waals surface area contributed by atoms with Crippen molar-refractivity contribution in [3.63, 3.8) is 0 Å². The number of nitrogens with zero attached hydrogens (tertiary/aromatic N) is 1. The molecule has 1 fully saturated rings. The molecule has 2 unspecified atom stereocenters. The molecule has 4 rings (SSSR count). The smallest absolute Gasteiger partial charge is 0.345 e. The summed E-state index contributed by atoms with van der Waals surface area (Å²) in [4.78, 5) is 18.6. The predicted molar refractivity (Wildman–Crippen MR) is 77.5 cm³/mol. The summed E-state index contributed by atoms with van der Waals surface area (Å²) >= 11 is 6.00. The largest absolute Gasteiger partial charge is 0.488 e. The van der Waals surface area contributed by atoms with Crippen LogP contribution >= 0.6 is 11.6 Å². The molecule has 1 saturated carbocycles. The molecule has 0 saturated heterocycles. The van der Waals surface area contributed by atoms with Gasteiger partial charge in [0.1, 0.15) is 11.9 Å². The van der Waals surface area contributed by atoms with Crippen LogP contribution in [0.15, 0.2) is 29.1 Å². The van der Waals surface area contributed by atoms with Crippen molar-refractivity contribution in [2.24, 2.45) is 0 Å². The molecule has 1 aromatic heterocycles. The Bertz CT molecular complexity index is 759. The highest BCUT2D eigenvalue weighted by Gasteiger charge is 2.38. The molecule has 2 atom stereocenters. The Morgan fingerprint density at radius 1 is 1.33 bits per heavy atom. The van der Waals surface area contributed by atoms with E-state index < -0.39 is 0 Å². The molecule has 21 heavy (non-hydrogen) atoms. The first kappa shape index (κ1) is 12.9. The second kappa shape index (κ2) is 4.86. The van der Waals surface area contributed by atoms with Crippen molar-refractivity contribution in [3.05, 3.63) is 46.0 Å². The van der Waals surface area contributed by atoms with Gasteiger partial charge in [0.05, 0.1) is 30.0 Å². The molecule has 2 aromatic rings. The summed E-state index contributed by atoms with van der Waals surface area (Å²) in [6.07, 6.45) is 0.888. The Labute approximate surface area is 125 Å². The number of H-pyrrole nitrogens is 1. The molecule has 1 N–H and O–H groups in total. The van der Waals surface area contributed by atoms with Crippen LogP contribution in [0.4, 0.5) is 0 Å². The summed E-state index contributed by atoms with van der Waals surface area (Å²) in [5, 5.41) is 0.0687. The number of benzene rings is 1. The summed E-state index contributed by atoms with van der Waals surface area (Å²) in [6, 6.07) is 7.58. The van der Waals surface area contributed by atoms with Gasteiger partial charge in [-0.2, -0.15) is 4.98 Å². The number of aromatic amines is 1. The maximum absolute atomic E-state index is 11.7. The Hall–Kier alpha value is -1.85. The second-order valence-corrected chi connectivity index (χ2v) is 5.81. The highest BCUT2D eigenvalue weighted by Crippen LogP contribution is 2.38. The fraction of sp³-hybridized carbons (Fsp3) is 0.333. The minimum absolute atomic E-state index is 0.0408. The van der Waals surface area contributed by atoms with E-state index in [1.807, 2.05) is 24.3 Å². The molecule has 2 aliphatic rings. The quantitative estimate of drug-likeness (QED) is 0.883. The van der Waals surface area contributed by atoms with E-state index in [0.717, 1.165) is 23.2 Å².